The third-order valence-corrected chi connectivity index (χ3v) is 3.08. The highest BCUT2D eigenvalue weighted by Crippen LogP contribution is 2.24. The van der Waals surface area contributed by atoms with Crippen molar-refractivity contribution in [3.63, 3.8) is 0 Å². The fourth-order valence-electron chi connectivity index (χ4n) is 1.58. The van der Waals surface area contributed by atoms with Crippen LogP contribution in [0.2, 0.25) is 0 Å². The fraction of sp³-hybridized carbons (Fsp3) is 0.286. The van der Waals surface area contributed by atoms with Gasteiger partial charge < -0.3 is 4.74 Å². The lowest BCUT2D eigenvalue weighted by atomic mass is 10.1. The van der Waals surface area contributed by atoms with Crippen molar-refractivity contribution in [3.8, 4) is 5.75 Å². The summed E-state index contributed by atoms with van der Waals surface area (Å²) in [4.78, 5) is 0. The standard InChI is InChI=1S/C14H15ClO/c1-14(2,10-15)16-13-8-7-11-5-3-4-6-12(11)9-13/h3-9H,10H2,1-2H3. The van der Waals surface area contributed by atoms with Crippen molar-refractivity contribution in [3.05, 3.63) is 42.5 Å². The lowest BCUT2D eigenvalue weighted by molar-refractivity contribution is 0.135. The number of ether oxygens (including phenoxy) is 1. The molecule has 0 saturated heterocycles. The van der Waals surface area contributed by atoms with Crippen molar-refractivity contribution in [2.24, 2.45) is 0 Å². The number of hydrogen-bond acceptors (Lipinski definition) is 1. The van der Waals surface area contributed by atoms with Gasteiger partial charge in [0.1, 0.15) is 11.4 Å². The molecule has 1 nitrogen and oxygen atoms in total. The largest absolute Gasteiger partial charge is 0.487 e. The van der Waals surface area contributed by atoms with Crippen LogP contribution in [0, 0.1) is 0 Å². The molecule has 0 unspecified atom stereocenters. The summed E-state index contributed by atoms with van der Waals surface area (Å²) < 4.78 is 5.83. The quantitative estimate of drug-likeness (QED) is 0.722. The minimum atomic E-state index is -0.329. The Hall–Kier alpha value is -1.21. The number of alkyl halides is 1. The molecule has 2 aromatic rings. The molecule has 0 aliphatic carbocycles. The van der Waals surface area contributed by atoms with Gasteiger partial charge in [0.15, 0.2) is 0 Å². The smallest absolute Gasteiger partial charge is 0.120 e. The molecule has 0 amide bonds. The van der Waals surface area contributed by atoms with Crippen LogP contribution in [0.1, 0.15) is 13.8 Å². The predicted octanol–water partition coefficient (Wildman–Crippen LogP) is 4.24. The second-order valence-corrected chi connectivity index (χ2v) is 4.77. The number of fused-ring (bicyclic) bond motifs is 1. The molecular weight excluding hydrogens is 220 g/mol. The van der Waals surface area contributed by atoms with E-state index in [0.717, 1.165) is 5.75 Å². The zero-order chi connectivity index (χ0) is 11.6. The summed E-state index contributed by atoms with van der Waals surface area (Å²) in [6.07, 6.45) is 0. The van der Waals surface area contributed by atoms with E-state index in [1.807, 2.05) is 38.1 Å². The van der Waals surface area contributed by atoms with Gasteiger partial charge in [0.25, 0.3) is 0 Å². The fourth-order valence-corrected chi connectivity index (χ4v) is 1.63. The molecule has 2 aromatic carbocycles. The van der Waals surface area contributed by atoms with E-state index in [-0.39, 0.29) is 5.60 Å². The van der Waals surface area contributed by atoms with Gasteiger partial charge in [-0.1, -0.05) is 30.3 Å². The van der Waals surface area contributed by atoms with Crippen LogP contribution in [-0.4, -0.2) is 11.5 Å². The third kappa shape index (κ3) is 2.48. The van der Waals surface area contributed by atoms with Gasteiger partial charge in [-0.2, -0.15) is 0 Å². The van der Waals surface area contributed by atoms with Crippen LogP contribution in [0.3, 0.4) is 0 Å². The summed E-state index contributed by atoms with van der Waals surface area (Å²) in [7, 11) is 0. The predicted molar refractivity (Wildman–Crippen MR) is 69.4 cm³/mol. The Morgan fingerprint density at radius 1 is 1.06 bits per heavy atom. The van der Waals surface area contributed by atoms with Crippen molar-refractivity contribution in [1.82, 2.24) is 0 Å². The molecule has 0 aromatic heterocycles. The van der Waals surface area contributed by atoms with E-state index >= 15 is 0 Å². The molecule has 0 aliphatic rings. The van der Waals surface area contributed by atoms with Crippen molar-refractivity contribution in [1.29, 1.82) is 0 Å². The molecule has 2 rings (SSSR count). The van der Waals surface area contributed by atoms with Crippen LogP contribution in [0.15, 0.2) is 42.5 Å². The lowest BCUT2D eigenvalue weighted by Crippen LogP contribution is -2.30. The van der Waals surface area contributed by atoms with E-state index in [1.165, 1.54) is 10.8 Å². The monoisotopic (exact) mass is 234 g/mol. The van der Waals surface area contributed by atoms with E-state index in [9.17, 15) is 0 Å². The summed E-state index contributed by atoms with van der Waals surface area (Å²) in [5.41, 5.74) is -0.329. The first-order chi connectivity index (χ1) is 7.61. The summed E-state index contributed by atoms with van der Waals surface area (Å²) in [6.45, 7) is 3.96. The first kappa shape index (κ1) is 11.3. The summed E-state index contributed by atoms with van der Waals surface area (Å²) >= 11 is 5.84. The first-order valence-corrected chi connectivity index (χ1v) is 5.88. The molecule has 0 fully saturated rings. The van der Waals surface area contributed by atoms with E-state index in [1.54, 1.807) is 0 Å². The highest BCUT2D eigenvalue weighted by molar-refractivity contribution is 6.18. The van der Waals surface area contributed by atoms with Crippen molar-refractivity contribution >= 4 is 22.4 Å². The Labute approximate surface area is 101 Å². The maximum Gasteiger partial charge on any atom is 0.120 e. The Kier molecular flexibility index (Phi) is 3.06. The van der Waals surface area contributed by atoms with Gasteiger partial charge in [0.05, 0.1) is 5.88 Å². The topological polar surface area (TPSA) is 9.23 Å². The molecular formula is C14H15ClO. The Morgan fingerprint density at radius 3 is 2.44 bits per heavy atom. The molecule has 0 N–H and O–H groups in total. The molecule has 0 saturated carbocycles. The zero-order valence-electron chi connectivity index (χ0n) is 9.53. The molecule has 16 heavy (non-hydrogen) atoms. The number of hydrogen-bond donors (Lipinski definition) is 0. The minimum Gasteiger partial charge on any atom is -0.487 e. The normalized spacial score (nSPS) is 11.7. The van der Waals surface area contributed by atoms with Crippen LogP contribution in [-0.2, 0) is 0 Å². The van der Waals surface area contributed by atoms with Gasteiger partial charge in [0, 0.05) is 0 Å². The molecule has 0 aliphatic heterocycles. The second kappa shape index (κ2) is 4.34. The zero-order valence-corrected chi connectivity index (χ0v) is 10.3. The SMILES string of the molecule is CC(C)(CCl)Oc1ccc2ccccc2c1. The van der Waals surface area contributed by atoms with Crippen LogP contribution in [0.5, 0.6) is 5.75 Å². The van der Waals surface area contributed by atoms with Crippen LogP contribution < -0.4 is 4.74 Å². The Balaban J connectivity index is 2.33. The van der Waals surface area contributed by atoms with Gasteiger partial charge in [0.2, 0.25) is 0 Å². The molecule has 0 atom stereocenters. The highest BCUT2D eigenvalue weighted by Gasteiger charge is 2.17. The lowest BCUT2D eigenvalue weighted by Gasteiger charge is -2.23. The molecule has 84 valence electrons. The number of halogens is 1. The molecule has 0 radical (unpaired) electrons. The Bertz CT molecular complexity index is 491. The summed E-state index contributed by atoms with van der Waals surface area (Å²) in [6, 6.07) is 14.3. The number of rotatable bonds is 3. The van der Waals surface area contributed by atoms with Gasteiger partial charge in [-0.3, -0.25) is 0 Å². The first-order valence-electron chi connectivity index (χ1n) is 5.34. The molecule has 2 heteroatoms. The third-order valence-electron chi connectivity index (χ3n) is 2.44. The Morgan fingerprint density at radius 2 is 1.75 bits per heavy atom. The van der Waals surface area contributed by atoms with Gasteiger partial charge >= 0.3 is 0 Å². The van der Waals surface area contributed by atoms with Gasteiger partial charge in [-0.05, 0) is 36.8 Å². The van der Waals surface area contributed by atoms with Crippen LogP contribution >= 0.6 is 11.6 Å². The van der Waals surface area contributed by atoms with E-state index in [0.29, 0.717) is 5.88 Å². The number of benzene rings is 2. The van der Waals surface area contributed by atoms with Crippen LogP contribution in [0.25, 0.3) is 10.8 Å². The average Bonchev–Trinajstić information content (AvgIpc) is 2.28. The van der Waals surface area contributed by atoms with Crippen molar-refractivity contribution in [2.45, 2.75) is 19.4 Å². The highest BCUT2D eigenvalue weighted by atomic mass is 35.5. The summed E-state index contributed by atoms with van der Waals surface area (Å²) in [5, 5.41) is 2.41. The van der Waals surface area contributed by atoms with Crippen molar-refractivity contribution in [2.75, 3.05) is 5.88 Å². The van der Waals surface area contributed by atoms with Crippen LogP contribution in [0.4, 0.5) is 0 Å². The molecule has 0 heterocycles. The maximum absolute atomic E-state index is 5.84. The van der Waals surface area contributed by atoms with E-state index in [2.05, 4.69) is 18.2 Å². The van der Waals surface area contributed by atoms with Gasteiger partial charge in [-0.25, -0.2) is 0 Å². The maximum atomic E-state index is 5.84. The molecule has 0 spiro atoms. The van der Waals surface area contributed by atoms with E-state index < -0.39 is 0 Å². The second-order valence-electron chi connectivity index (χ2n) is 4.50. The van der Waals surface area contributed by atoms with Crippen molar-refractivity contribution < 1.29 is 4.74 Å². The summed E-state index contributed by atoms with van der Waals surface area (Å²) in [5.74, 6) is 1.34. The average molecular weight is 235 g/mol. The van der Waals surface area contributed by atoms with Gasteiger partial charge in [-0.15, -0.1) is 11.6 Å². The minimum absolute atomic E-state index is 0.329. The van der Waals surface area contributed by atoms with E-state index in [4.69, 9.17) is 16.3 Å². The molecule has 0 bridgehead atoms.